The highest BCUT2D eigenvalue weighted by atomic mass is 16.3. The summed E-state index contributed by atoms with van der Waals surface area (Å²) >= 11 is 0. The molecule has 3 heteroatoms. The van der Waals surface area contributed by atoms with Gasteiger partial charge < -0.3 is 15.4 Å². The fourth-order valence-corrected chi connectivity index (χ4v) is 1.88. The Hall–Kier alpha value is -1.32. The van der Waals surface area contributed by atoms with E-state index in [-0.39, 0.29) is 6.61 Å². The number of benzene rings is 1. The normalized spacial score (nSPS) is 13.1. The van der Waals surface area contributed by atoms with Crippen LogP contribution in [0.3, 0.4) is 0 Å². The van der Waals surface area contributed by atoms with Crippen LogP contribution in [0, 0.1) is 0 Å². The zero-order valence-electron chi connectivity index (χ0n) is 9.53. The maximum atomic E-state index is 8.83. The van der Waals surface area contributed by atoms with Crippen LogP contribution in [-0.2, 0) is 6.54 Å². The number of aromatic nitrogens is 1. The molecule has 0 spiro atoms. The van der Waals surface area contributed by atoms with Crippen molar-refractivity contribution < 1.29 is 5.11 Å². The molecule has 1 heterocycles. The largest absolute Gasteiger partial charge is 0.396 e. The third-order valence-electron chi connectivity index (χ3n) is 2.89. The van der Waals surface area contributed by atoms with Gasteiger partial charge in [-0.25, -0.2) is 0 Å². The molecule has 0 aliphatic carbocycles. The molecular weight excluding hydrogens is 200 g/mol. The van der Waals surface area contributed by atoms with Gasteiger partial charge in [0.2, 0.25) is 0 Å². The molecule has 1 atom stereocenters. The second-order valence-corrected chi connectivity index (χ2v) is 4.15. The number of hydrogen-bond acceptors (Lipinski definition) is 2. The second kappa shape index (κ2) is 5.14. The number of aromatic amines is 1. The Morgan fingerprint density at radius 2 is 2.25 bits per heavy atom. The Morgan fingerprint density at radius 3 is 3.06 bits per heavy atom. The topological polar surface area (TPSA) is 48.0 Å². The van der Waals surface area contributed by atoms with Gasteiger partial charge in [0.05, 0.1) is 0 Å². The summed E-state index contributed by atoms with van der Waals surface area (Å²) in [6, 6.07) is 8.72. The smallest absolute Gasteiger partial charge is 0.0457 e. The quantitative estimate of drug-likeness (QED) is 0.719. The number of aliphatic hydroxyl groups is 1. The van der Waals surface area contributed by atoms with Crippen molar-refractivity contribution in [2.45, 2.75) is 25.9 Å². The van der Waals surface area contributed by atoms with Gasteiger partial charge in [-0.1, -0.05) is 12.1 Å². The van der Waals surface area contributed by atoms with Gasteiger partial charge >= 0.3 is 0 Å². The average molecular weight is 218 g/mol. The van der Waals surface area contributed by atoms with E-state index in [1.54, 1.807) is 0 Å². The zero-order chi connectivity index (χ0) is 11.4. The van der Waals surface area contributed by atoms with Gasteiger partial charge in [-0.3, -0.25) is 0 Å². The summed E-state index contributed by atoms with van der Waals surface area (Å²) in [7, 11) is 0. The number of nitrogens with one attached hydrogen (secondary N) is 2. The van der Waals surface area contributed by atoms with E-state index in [9.17, 15) is 0 Å². The SMILES string of the molecule is C[C@H](CCO)NCc1cccc2[nH]ccc12. The van der Waals surface area contributed by atoms with Crippen LogP contribution >= 0.6 is 0 Å². The number of H-pyrrole nitrogens is 1. The molecule has 2 rings (SSSR count). The van der Waals surface area contributed by atoms with Gasteiger partial charge in [-0.15, -0.1) is 0 Å². The maximum absolute atomic E-state index is 8.83. The Morgan fingerprint density at radius 1 is 1.38 bits per heavy atom. The van der Waals surface area contributed by atoms with Crippen LogP contribution in [0.5, 0.6) is 0 Å². The third-order valence-corrected chi connectivity index (χ3v) is 2.89. The summed E-state index contributed by atoms with van der Waals surface area (Å²) in [5.74, 6) is 0. The summed E-state index contributed by atoms with van der Waals surface area (Å²) in [5.41, 5.74) is 2.47. The first-order valence-corrected chi connectivity index (χ1v) is 5.70. The van der Waals surface area contributed by atoms with E-state index in [1.165, 1.54) is 16.5 Å². The first kappa shape index (κ1) is 11.2. The number of hydrogen-bond donors (Lipinski definition) is 3. The van der Waals surface area contributed by atoms with Gasteiger partial charge in [-0.2, -0.15) is 0 Å². The van der Waals surface area contributed by atoms with E-state index in [0.717, 1.165) is 13.0 Å². The molecule has 0 saturated carbocycles. The number of rotatable bonds is 5. The minimum Gasteiger partial charge on any atom is -0.396 e. The fraction of sp³-hybridized carbons (Fsp3) is 0.385. The number of aliphatic hydroxyl groups excluding tert-OH is 1. The summed E-state index contributed by atoms with van der Waals surface area (Å²) in [5, 5.41) is 13.5. The summed E-state index contributed by atoms with van der Waals surface area (Å²) < 4.78 is 0. The standard InChI is InChI=1S/C13H18N2O/c1-10(6-8-16)15-9-11-3-2-4-13-12(11)5-7-14-13/h2-5,7,10,14-16H,6,8-9H2,1H3/t10-/m1/s1. The number of fused-ring (bicyclic) bond motifs is 1. The van der Waals surface area contributed by atoms with Gasteiger partial charge in [0.15, 0.2) is 0 Å². The van der Waals surface area contributed by atoms with Gasteiger partial charge in [-0.05, 0) is 31.0 Å². The van der Waals surface area contributed by atoms with Crippen molar-refractivity contribution in [1.82, 2.24) is 10.3 Å². The van der Waals surface area contributed by atoms with Crippen LogP contribution in [0.25, 0.3) is 10.9 Å². The van der Waals surface area contributed by atoms with E-state index in [2.05, 4.69) is 41.5 Å². The van der Waals surface area contributed by atoms with Crippen molar-refractivity contribution in [3.05, 3.63) is 36.0 Å². The van der Waals surface area contributed by atoms with Crippen molar-refractivity contribution in [2.24, 2.45) is 0 Å². The lowest BCUT2D eigenvalue weighted by molar-refractivity contribution is 0.269. The first-order valence-electron chi connectivity index (χ1n) is 5.70. The molecule has 3 N–H and O–H groups in total. The van der Waals surface area contributed by atoms with Crippen LogP contribution in [0.4, 0.5) is 0 Å². The lowest BCUT2D eigenvalue weighted by Crippen LogP contribution is -2.26. The zero-order valence-corrected chi connectivity index (χ0v) is 9.53. The summed E-state index contributed by atoms with van der Waals surface area (Å²) in [6.07, 6.45) is 2.76. The molecule has 16 heavy (non-hydrogen) atoms. The molecule has 0 aliphatic heterocycles. The molecule has 3 nitrogen and oxygen atoms in total. The predicted octanol–water partition coefficient (Wildman–Crippen LogP) is 2.03. The highest BCUT2D eigenvalue weighted by Gasteiger charge is 2.03. The lowest BCUT2D eigenvalue weighted by atomic mass is 10.1. The highest BCUT2D eigenvalue weighted by Crippen LogP contribution is 2.17. The van der Waals surface area contributed by atoms with Crippen molar-refractivity contribution in [3.63, 3.8) is 0 Å². The Kier molecular flexibility index (Phi) is 3.59. The van der Waals surface area contributed by atoms with Crippen LogP contribution in [0.2, 0.25) is 0 Å². The van der Waals surface area contributed by atoms with Crippen molar-refractivity contribution in [2.75, 3.05) is 6.61 Å². The van der Waals surface area contributed by atoms with Crippen LogP contribution < -0.4 is 5.32 Å². The van der Waals surface area contributed by atoms with Crippen molar-refractivity contribution in [1.29, 1.82) is 0 Å². The van der Waals surface area contributed by atoms with E-state index in [4.69, 9.17) is 5.11 Å². The molecule has 0 unspecified atom stereocenters. The highest BCUT2D eigenvalue weighted by molar-refractivity contribution is 5.82. The Bertz CT molecular complexity index is 450. The average Bonchev–Trinajstić information content (AvgIpc) is 2.75. The predicted molar refractivity (Wildman–Crippen MR) is 66.3 cm³/mol. The molecule has 0 bridgehead atoms. The Labute approximate surface area is 95.5 Å². The van der Waals surface area contributed by atoms with E-state index in [0.29, 0.717) is 6.04 Å². The molecule has 0 fully saturated rings. The molecule has 0 amide bonds. The van der Waals surface area contributed by atoms with Crippen LogP contribution in [0.15, 0.2) is 30.5 Å². The molecule has 1 aromatic heterocycles. The minimum atomic E-state index is 0.239. The Balaban J connectivity index is 2.06. The molecule has 0 aliphatic rings. The monoisotopic (exact) mass is 218 g/mol. The van der Waals surface area contributed by atoms with Crippen molar-refractivity contribution in [3.8, 4) is 0 Å². The van der Waals surface area contributed by atoms with Gasteiger partial charge in [0, 0.05) is 36.3 Å². The molecule has 0 saturated heterocycles. The molecular formula is C13H18N2O. The first-order chi connectivity index (χ1) is 7.81. The van der Waals surface area contributed by atoms with Gasteiger partial charge in [0.1, 0.15) is 0 Å². The maximum Gasteiger partial charge on any atom is 0.0457 e. The van der Waals surface area contributed by atoms with E-state index < -0.39 is 0 Å². The molecule has 86 valence electrons. The molecule has 2 aromatic rings. The molecule has 0 radical (unpaired) electrons. The summed E-state index contributed by atoms with van der Waals surface area (Å²) in [6.45, 7) is 3.17. The summed E-state index contributed by atoms with van der Waals surface area (Å²) in [4.78, 5) is 3.20. The van der Waals surface area contributed by atoms with Crippen LogP contribution in [0.1, 0.15) is 18.9 Å². The van der Waals surface area contributed by atoms with Crippen molar-refractivity contribution >= 4 is 10.9 Å². The van der Waals surface area contributed by atoms with Gasteiger partial charge in [0.25, 0.3) is 0 Å². The lowest BCUT2D eigenvalue weighted by Gasteiger charge is -2.12. The third kappa shape index (κ3) is 2.43. The molecule has 1 aromatic carbocycles. The minimum absolute atomic E-state index is 0.239. The second-order valence-electron chi connectivity index (χ2n) is 4.15. The van der Waals surface area contributed by atoms with E-state index in [1.807, 2.05) is 6.20 Å². The van der Waals surface area contributed by atoms with Crippen LogP contribution in [-0.4, -0.2) is 22.7 Å². The van der Waals surface area contributed by atoms with E-state index >= 15 is 0 Å². The fourth-order valence-electron chi connectivity index (χ4n) is 1.88.